The average Bonchev–Trinajstić information content (AvgIpc) is 3.05. The Morgan fingerprint density at radius 3 is 2.74 bits per heavy atom. The van der Waals surface area contributed by atoms with Crippen molar-refractivity contribution in [2.24, 2.45) is 5.92 Å². The Bertz CT molecular complexity index is 524. The normalized spacial score (nSPS) is 22.7. The third kappa shape index (κ3) is 3.90. The van der Waals surface area contributed by atoms with E-state index >= 15 is 0 Å². The lowest BCUT2D eigenvalue weighted by Crippen LogP contribution is -2.35. The summed E-state index contributed by atoms with van der Waals surface area (Å²) in [5.74, 6) is 0.294. The standard InChI is InChI=1S/C18H27N3O2/c1-14(2)18(22)21-7-3-4-17(21)16-6-5-15(12-19-16)13-20-8-10-23-11-9-20/h5-6,12,14,17H,3-4,7-11,13H2,1-2H3/t17-/m0/s1. The van der Waals surface area contributed by atoms with Crippen molar-refractivity contribution in [2.75, 3.05) is 32.8 Å². The van der Waals surface area contributed by atoms with Crippen LogP contribution in [0.5, 0.6) is 0 Å². The predicted octanol–water partition coefficient (Wildman–Crippen LogP) is 2.23. The first kappa shape index (κ1) is 16.4. The molecule has 3 rings (SSSR count). The second-order valence-corrected chi connectivity index (χ2v) is 6.82. The van der Waals surface area contributed by atoms with E-state index in [0.717, 1.165) is 57.9 Å². The maximum atomic E-state index is 12.3. The van der Waals surface area contributed by atoms with Crippen molar-refractivity contribution in [3.05, 3.63) is 29.6 Å². The van der Waals surface area contributed by atoms with E-state index in [0.29, 0.717) is 0 Å². The third-order valence-electron chi connectivity index (χ3n) is 4.73. The van der Waals surface area contributed by atoms with Crippen LogP contribution in [-0.4, -0.2) is 53.5 Å². The maximum absolute atomic E-state index is 12.3. The van der Waals surface area contributed by atoms with Gasteiger partial charge in [-0.1, -0.05) is 19.9 Å². The van der Waals surface area contributed by atoms with Gasteiger partial charge in [-0.3, -0.25) is 14.7 Å². The average molecular weight is 317 g/mol. The maximum Gasteiger partial charge on any atom is 0.225 e. The number of nitrogens with zero attached hydrogens (tertiary/aromatic N) is 3. The van der Waals surface area contributed by atoms with Crippen LogP contribution < -0.4 is 0 Å². The van der Waals surface area contributed by atoms with E-state index in [4.69, 9.17) is 4.74 Å². The number of carbonyl (C=O) groups is 1. The molecule has 23 heavy (non-hydrogen) atoms. The molecule has 2 aliphatic rings. The SMILES string of the molecule is CC(C)C(=O)N1CCC[C@H]1c1ccc(CN2CCOCC2)cn1. The van der Waals surface area contributed by atoms with E-state index in [-0.39, 0.29) is 17.9 Å². The molecule has 1 amide bonds. The molecule has 0 aliphatic carbocycles. The molecule has 2 fully saturated rings. The fourth-order valence-electron chi connectivity index (χ4n) is 3.41. The van der Waals surface area contributed by atoms with Crippen LogP contribution in [-0.2, 0) is 16.1 Å². The van der Waals surface area contributed by atoms with Crippen LogP contribution in [0.4, 0.5) is 0 Å². The summed E-state index contributed by atoms with van der Waals surface area (Å²) in [6.07, 6.45) is 4.07. The second kappa shape index (κ2) is 7.41. The van der Waals surface area contributed by atoms with E-state index in [1.807, 2.05) is 24.9 Å². The Morgan fingerprint density at radius 2 is 2.09 bits per heavy atom. The van der Waals surface area contributed by atoms with Crippen LogP contribution >= 0.6 is 0 Å². The summed E-state index contributed by atoms with van der Waals surface area (Å²) in [5.41, 5.74) is 2.26. The van der Waals surface area contributed by atoms with Crippen LogP contribution in [0.15, 0.2) is 18.3 Å². The Morgan fingerprint density at radius 1 is 1.30 bits per heavy atom. The molecule has 0 bridgehead atoms. The first-order valence-corrected chi connectivity index (χ1v) is 8.70. The predicted molar refractivity (Wildman–Crippen MR) is 88.9 cm³/mol. The number of pyridine rings is 1. The van der Waals surface area contributed by atoms with E-state index in [1.54, 1.807) is 0 Å². The van der Waals surface area contributed by atoms with E-state index in [9.17, 15) is 4.79 Å². The molecule has 5 nitrogen and oxygen atoms in total. The third-order valence-corrected chi connectivity index (χ3v) is 4.73. The molecule has 5 heteroatoms. The van der Waals surface area contributed by atoms with Crippen LogP contribution in [0.1, 0.15) is 44.0 Å². The monoisotopic (exact) mass is 317 g/mol. The molecule has 0 radical (unpaired) electrons. The summed E-state index contributed by atoms with van der Waals surface area (Å²) >= 11 is 0. The molecule has 0 unspecified atom stereocenters. The van der Waals surface area contributed by atoms with Gasteiger partial charge in [-0.2, -0.15) is 0 Å². The van der Waals surface area contributed by atoms with Crippen molar-refractivity contribution in [3.8, 4) is 0 Å². The number of hydrogen-bond acceptors (Lipinski definition) is 4. The highest BCUT2D eigenvalue weighted by Crippen LogP contribution is 2.32. The fourth-order valence-corrected chi connectivity index (χ4v) is 3.41. The molecule has 0 spiro atoms. The highest BCUT2D eigenvalue weighted by atomic mass is 16.5. The number of likely N-dealkylation sites (tertiary alicyclic amines) is 1. The van der Waals surface area contributed by atoms with Crippen LogP contribution in [0.2, 0.25) is 0 Å². The fraction of sp³-hybridized carbons (Fsp3) is 0.667. The first-order valence-electron chi connectivity index (χ1n) is 8.70. The highest BCUT2D eigenvalue weighted by Gasteiger charge is 2.31. The minimum absolute atomic E-state index is 0.0520. The van der Waals surface area contributed by atoms with Crippen LogP contribution in [0, 0.1) is 5.92 Å². The smallest absolute Gasteiger partial charge is 0.225 e. The quantitative estimate of drug-likeness (QED) is 0.854. The molecular formula is C18H27N3O2. The molecule has 1 aromatic heterocycles. The minimum atomic E-state index is 0.0520. The lowest BCUT2D eigenvalue weighted by atomic mass is 10.1. The lowest BCUT2D eigenvalue weighted by Gasteiger charge is -2.27. The van der Waals surface area contributed by atoms with Gasteiger partial charge < -0.3 is 9.64 Å². The van der Waals surface area contributed by atoms with Gasteiger partial charge in [-0.25, -0.2) is 0 Å². The van der Waals surface area contributed by atoms with E-state index < -0.39 is 0 Å². The first-order chi connectivity index (χ1) is 11.1. The van der Waals surface area contributed by atoms with Gasteiger partial charge in [0.25, 0.3) is 0 Å². The Kier molecular flexibility index (Phi) is 5.28. The number of hydrogen-bond donors (Lipinski definition) is 0. The molecule has 126 valence electrons. The van der Waals surface area contributed by atoms with Crippen LogP contribution in [0.3, 0.4) is 0 Å². The summed E-state index contributed by atoms with van der Waals surface area (Å²) in [5, 5.41) is 0. The number of morpholine rings is 1. The molecule has 1 aromatic rings. The van der Waals surface area contributed by atoms with E-state index in [1.165, 1.54) is 5.56 Å². The van der Waals surface area contributed by atoms with Gasteiger partial charge in [-0.05, 0) is 24.5 Å². The zero-order chi connectivity index (χ0) is 16.2. The summed E-state index contributed by atoms with van der Waals surface area (Å²) in [6, 6.07) is 4.42. The van der Waals surface area contributed by atoms with E-state index in [2.05, 4.69) is 22.0 Å². The molecule has 1 atom stereocenters. The number of aromatic nitrogens is 1. The van der Waals surface area contributed by atoms with Gasteiger partial charge in [0, 0.05) is 38.3 Å². The highest BCUT2D eigenvalue weighted by molar-refractivity contribution is 5.78. The molecular weight excluding hydrogens is 290 g/mol. The summed E-state index contributed by atoms with van der Waals surface area (Å²) < 4.78 is 5.38. The van der Waals surface area contributed by atoms with Crippen molar-refractivity contribution >= 4 is 5.91 Å². The lowest BCUT2D eigenvalue weighted by molar-refractivity contribution is -0.135. The summed E-state index contributed by atoms with van der Waals surface area (Å²) in [4.78, 5) is 21.4. The van der Waals surface area contributed by atoms with Gasteiger partial charge in [-0.15, -0.1) is 0 Å². The number of rotatable bonds is 4. The van der Waals surface area contributed by atoms with Gasteiger partial charge in [0.05, 0.1) is 24.9 Å². The van der Waals surface area contributed by atoms with Crippen molar-refractivity contribution in [2.45, 2.75) is 39.3 Å². The van der Waals surface area contributed by atoms with Crippen molar-refractivity contribution in [1.29, 1.82) is 0 Å². The molecule has 0 aromatic carbocycles. The Balaban J connectivity index is 1.65. The van der Waals surface area contributed by atoms with Gasteiger partial charge in [0.2, 0.25) is 5.91 Å². The molecule has 2 saturated heterocycles. The second-order valence-electron chi connectivity index (χ2n) is 6.82. The largest absolute Gasteiger partial charge is 0.379 e. The topological polar surface area (TPSA) is 45.7 Å². The van der Waals surface area contributed by atoms with Crippen molar-refractivity contribution < 1.29 is 9.53 Å². The minimum Gasteiger partial charge on any atom is -0.379 e. The Labute approximate surface area is 138 Å². The molecule has 0 saturated carbocycles. The Hall–Kier alpha value is -1.46. The summed E-state index contributed by atoms with van der Waals surface area (Å²) in [6.45, 7) is 9.34. The molecule has 2 aliphatic heterocycles. The number of ether oxygens (including phenoxy) is 1. The van der Waals surface area contributed by atoms with Crippen molar-refractivity contribution in [1.82, 2.24) is 14.8 Å². The van der Waals surface area contributed by atoms with Gasteiger partial charge in [0.15, 0.2) is 0 Å². The molecule has 0 N–H and O–H groups in total. The molecule has 3 heterocycles. The van der Waals surface area contributed by atoms with Gasteiger partial charge in [0.1, 0.15) is 0 Å². The van der Waals surface area contributed by atoms with Crippen LogP contribution in [0.25, 0.3) is 0 Å². The number of carbonyl (C=O) groups excluding carboxylic acids is 1. The number of amides is 1. The zero-order valence-electron chi connectivity index (χ0n) is 14.2. The van der Waals surface area contributed by atoms with Gasteiger partial charge >= 0.3 is 0 Å². The van der Waals surface area contributed by atoms with Crippen molar-refractivity contribution in [3.63, 3.8) is 0 Å². The zero-order valence-corrected chi connectivity index (χ0v) is 14.2. The summed E-state index contributed by atoms with van der Waals surface area (Å²) in [7, 11) is 0.